The van der Waals surface area contributed by atoms with Gasteiger partial charge in [0.25, 0.3) is 5.91 Å². The number of nitrogens with one attached hydrogen (secondary N) is 3. The van der Waals surface area contributed by atoms with Crippen LogP contribution in [0.5, 0.6) is 0 Å². The Bertz CT molecular complexity index is 976. The number of amides is 4. The lowest BCUT2D eigenvalue weighted by molar-refractivity contribution is -0.203. The predicted molar refractivity (Wildman–Crippen MR) is 153 cm³/mol. The minimum absolute atomic E-state index is 0.0573. The van der Waals surface area contributed by atoms with Crippen LogP contribution in [-0.4, -0.2) is 54.6 Å². The van der Waals surface area contributed by atoms with Gasteiger partial charge in [-0.2, -0.15) is 0 Å². The highest BCUT2D eigenvalue weighted by Gasteiger charge is 2.35. The molecule has 1 aliphatic heterocycles. The summed E-state index contributed by atoms with van der Waals surface area (Å²) >= 11 is 0. The van der Waals surface area contributed by atoms with Gasteiger partial charge in [-0.05, 0) is 43.1 Å². The normalized spacial score (nSPS) is 16.9. The third-order valence-corrected chi connectivity index (χ3v) is 6.40. The van der Waals surface area contributed by atoms with Crippen LogP contribution in [0.3, 0.4) is 0 Å². The molecular weight excluding hydrogens is 512 g/mol. The van der Waals surface area contributed by atoms with E-state index in [1.54, 1.807) is 0 Å². The van der Waals surface area contributed by atoms with E-state index in [1.807, 2.05) is 70.2 Å². The Kier molecular flexibility index (Phi) is 14.4. The second kappa shape index (κ2) is 17.5. The van der Waals surface area contributed by atoms with E-state index in [1.165, 1.54) is 11.9 Å². The molecule has 0 radical (unpaired) electrons. The number of rotatable bonds is 14. The first kappa shape index (κ1) is 33.0. The summed E-state index contributed by atoms with van der Waals surface area (Å²) in [6, 6.07) is 9.70. The van der Waals surface area contributed by atoms with E-state index in [-0.39, 0.29) is 37.3 Å². The highest BCUT2D eigenvalue weighted by molar-refractivity contribution is 5.90. The first-order valence-electron chi connectivity index (χ1n) is 14.2. The van der Waals surface area contributed by atoms with Crippen molar-refractivity contribution in [3.63, 3.8) is 0 Å². The third kappa shape index (κ3) is 12.3. The van der Waals surface area contributed by atoms with Gasteiger partial charge in [-0.1, -0.05) is 70.2 Å². The van der Waals surface area contributed by atoms with Crippen LogP contribution < -0.4 is 16.2 Å². The smallest absolute Gasteiger partial charge is 0.260 e. The molecule has 40 heavy (non-hydrogen) atoms. The zero-order valence-corrected chi connectivity index (χ0v) is 24.5. The Balaban J connectivity index is 2.27. The summed E-state index contributed by atoms with van der Waals surface area (Å²) in [7, 11) is 0. The number of hydrogen-bond acceptors (Lipinski definition) is 6. The van der Waals surface area contributed by atoms with Gasteiger partial charge in [0.15, 0.2) is 6.29 Å². The zero-order valence-electron chi connectivity index (χ0n) is 24.5. The van der Waals surface area contributed by atoms with Crippen LogP contribution in [0.25, 0.3) is 6.08 Å². The lowest BCUT2D eigenvalue weighted by atomic mass is 9.82. The number of allylic oxidation sites excluding steroid dienone is 1. The topological polar surface area (TPSA) is 126 Å². The molecule has 10 nitrogen and oxygen atoms in total. The standard InChI is InChI=1S/C30H46N4O6/c1-21(2)18-26(29(37)32-34(20-22(3)4)27(36)19-31-23(5)35)25(15-11-14-24-12-7-6-8-13-24)30(38)33-40-28-16-9-10-17-39-28/h6-8,11-14,21-22,25-26,28H,9-10,15-20H2,1-5H3,(H,31,35)(H,32,37)(H,33,38)/t25-,26+,28?/m0/s1. The maximum Gasteiger partial charge on any atom is 0.260 e. The van der Waals surface area contributed by atoms with Gasteiger partial charge in [0.05, 0.1) is 18.4 Å². The summed E-state index contributed by atoms with van der Waals surface area (Å²) in [5, 5.41) is 3.72. The molecule has 222 valence electrons. The second-order valence-electron chi connectivity index (χ2n) is 11.1. The highest BCUT2D eigenvalue weighted by atomic mass is 16.8. The van der Waals surface area contributed by atoms with Crippen LogP contribution in [0.4, 0.5) is 0 Å². The average molecular weight is 559 g/mol. The van der Waals surface area contributed by atoms with Crippen LogP contribution in [0.2, 0.25) is 0 Å². The van der Waals surface area contributed by atoms with Crippen molar-refractivity contribution < 1.29 is 28.8 Å². The second-order valence-corrected chi connectivity index (χ2v) is 11.1. The Morgan fingerprint density at radius 1 is 1.02 bits per heavy atom. The molecule has 1 fully saturated rings. The highest BCUT2D eigenvalue weighted by Crippen LogP contribution is 2.26. The van der Waals surface area contributed by atoms with E-state index in [0.717, 1.165) is 18.4 Å². The Morgan fingerprint density at radius 3 is 2.35 bits per heavy atom. The first-order chi connectivity index (χ1) is 19.1. The number of hydrogen-bond donors (Lipinski definition) is 3. The average Bonchev–Trinajstić information content (AvgIpc) is 2.92. The molecule has 10 heteroatoms. The minimum Gasteiger partial charge on any atom is -0.350 e. The number of benzene rings is 1. The van der Waals surface area contributed by atoms with E-state index >= 15 is 0 Å². The SMILES string of the molecule is CC(=O)NCC(=O)N(CC(C)C)NC(=O)[C@H](CC(C)C)[C@H](CC=Cc1ccccc1)C(=O)NOC1CCCCO1. The minimum atomic E-state index is -0.766. The van der Waals surface area contributed by atoms with E-state index in [4.69, 9.17) is 9.57 Å². The van der Waals surface area contributed by atoms with Gasteiger partial charge >= 0.3 is 0 Å². The van der Waals surface area contributed by atoms with Crippen LogP contribution in [-0.2, 0) is 28.8 Å². The molecule has 3 N–H and O–H groups in total. The summed E-state index contributed by atoms with van der Waals surface area (Å²) in [5.41, 5.74) is 6.27. The lowest BCUT2D eigenvalue weighted by Gasteiger charge is -2.31. The summed E-state index contributed by atoms with van der Waals surface area (Å²) in [5.74, 6) is -3.01. The number of ether oxygens (including phenoxy) is 1. The summed E-state index contributed by atoms with van der Waals surface area (Å²) in [6.45, 7) is 9.72. The fourth-order valence-corrected chi connectivity index (χ4v) is 4.42. The van der Waals surface area contributed by atoms with Crippen LogP contribution >= 0.6 is 0 Å². The van der Waals surface area contributed by atoms with Gasteiger partial charge < -0.3 is 10.1 Å². The van der Waals surface area contributed by atoms with Crippen LogP contribution in [0.1, 0.15) is 72.3 Å². The lowest BCUT2D eigenvalue weighted by Crippen LogP contribution is -2.54. The Labute approximate surface area is 238 Å². The molecule has 0 saturated carbocycles. The largest absolute Gasteiger partial charge is 0.350 e. The molecule has 3 atom stereocenters. The molecule has 0 bridgehead atoms. The molecule has 4 amide bonds. The summed E-state index contributed by atoms with van der Waals surface area (Å²) < 4.78 is 5.57. The number of nitrogens with zero attached hydrogens (tertiary/aromatic N) is 1. The fourth-order valence-electron chi connectivity index (χ4n) is 4.42. The van der Waals surface area contributed by atoms with Crippen molar-refractivity contribution in [3.8, 4) is 0 Å². The molecule has 1 aromatic rings. The summed E-state index contributed by atoms with van der Waals surface area (Å²) in [4.78, 5) is 57.0. The van der Waals surface area contributed by atoms with Crippen molar-refractivity contribution in [1.82, 2.24) is 21.2 Å². The molecule has 1 unspecified atom stereocenters. The van der Waals surface area contributed by atoms with E-state index < -0.39 is 35.8 Å². The van der Waals surface area contributed by atoms with Crippen molar-refractivity contribution in [1.29, 1.82) is 0 Å². The van der Waals surface area contributed by atoms with Gasteiger partial charge in [-0.3, -0.25) is 29.6 Å². The van der Waals surface area contributed by atoms with Gasteiger partial charge in [-0.25, -0.2) is 10.3 Å². The summed E-state index contributed by atoms with van der Waals surface area (Å²) in [6.07, 6.45) is 6.54. The number of hydroxylamine groups is 1. The third-order valence-electron chi connectivity index (χ3n) is 6.40. The number of carbonyl (C=O) groups is 4. The van der Waals surface area contributed by atoms with Crippen molar-refractivity contribution in [2.45, 2.75) is 73.0 Å². The molecular formula is C30H46N4O6. The Hall–Kier alpha value is -3.24. The van der Waals surface area contributed by atoms with Crippen LogP contribution in [0, 0.1) is 23.7 Å². The van der Waals surface area contributed by atoms with E-state index in [9.17, 15) is 19.2 Å². The van der Waals surface area contributed by atoms with Gasteiger partial charge in [-0.15, -0.1) is 0 Å². The molecule has 1 aromatic carbocycles. The fraction of sp³-hybridized carbons (Fsp3) is 0.600. The first-order valence-corrected chi connectivity index (χ1v) is 14.2. The maximum absolute atomic E-state index is 13.7. The quantitative estimate of drug-likeness (QED) is 0.300. The monoisotopic (exact) mass is 558 g/mol. The molecule has 0 aliphatic carbocycles. The molecule has 1 aliphatic rings. The zero-order chi connectivity index (χ0) is 29.5. The van der Waals surface area contributed by atoms with Gasteiger partial charge in [0.2, 0.25) is 17.7 Å². The van der Waals surface area contributed by atoms with Crippen molar-refractivity contribution in [2.24, 2.45) is 23.7 Å². The number of hydrazine groups is 1. The van der Waals surface area contributed by atoms with Crippen molar-refractivity contribution in [3.05, 3.63) is 42.0 Å². The molecule has 1 saturated heterocycles. The van der Waals surface area contributed by atoms with E-state index in [2.05, 4.69) is 16.2 Å². The van der Waals surface area contributed by atoms with E-state index in [0.29, 0.717) is 19.4 Å². The molecule has 1 heterocycles. The molecule has 0 spiro atoms. The van der Waals surface area contributed by atoms with Crippen molar-refractivity contribution in [2.75, 3.05) is 19.7 Å². The molecule has 0 aromatic heterocycles. The number of carbonyl (C=O) groups excluding carboxylic acids is 4. The van der Waals surface area contributed by atoms with Crippen molar-refractivity contribution >= 4 is 29.7 Å². The van der Waals surface area contributed by atoms with Crippen LogP contribution in [0.15, 0.2) is 36.4 Å². The van der Waals surface area contributed by atoms with Gasteiger partial charge in [0, 0.05) is 26.5 Å². The predicted octanol–water partition coefficient (Wildman–Crippen LogP) is 3.59. The maximum atomic E-state index is 13.7. The van der Waals surface area contributed by atoms with Gasteiger partial charge in [0.1, 0.15) is 0 Å². The Morgan fingerprint density at radius 2 is 1.75 bits per heavy atom. The molecule has 2 rings (SSSR count).